The molecule has 0 bridgehead atoms. The van der Waals surface area contributed by atoms with Crippen LogP contribution in [-0.2, 0) is 11.8 Å². The van der Waals surface area contributed by atoms with Gasteiger partial charge in [-0.1, -0.05) is 26.8 Å². The summed E-state index contributed by atoms with van der Waals surface area (Å²) in [7, 11) is 0. The van der Waals surface area contributed by atoms with Crippen molar-refractivity contribution < 1.29 is 0 Å². The van der Waals surface area contributed by atoms with Crippen LogP contribution in [-0.4, -0.2) is 9.97 Å². The fourth-order valence-corrected chi connectivity index (χ4v) is 2.89. The molecule has 0 spiro atoms. The summed E-state index contributed by atoms with van der Waals surface area (Å²) < 4.78 is 0. The molecule has 1 atom stereocenters. The monoisotopic (exact) mass is 275 g/mol. The van der Waals surface area contributed by atoms with E-state index >= 15 is 0 Å². The van der Waals surface area contributed by atoms with E-state index in [9.17, 15) is 0 Å². The van der Waals surface area contributed by atoms with E-state index in [0.717, 1.165) is 28.5 Å². The van der Waals surface area contributed by atoms with Crippen molar-refractivity contribution in [2.24, 2.45) is 5.73 Å². The van der Waals surface area contributed by atoms with Crippen molar-refractivity contribution in [2.75, 3.05) is 0 Å². The fourth-order valence-electron chi connectivity index (χ4n) is 1.81. The molecule has 3 nitrogen and oxygen atoms in total. The molecule has 2 N–H and O–H groups in total. The Morgan fingerprint density at radius 1 is 1.26 bits per heavy atom. The Bertz CT molecular complexity index is 555. The second-order valence-electron chi connectivity index (χ2n) is 5.89. The third-order valence-corrected chi connectivity index (χ3v) is 3.88. The highest BCUT2D eigenvalue weighted by molar-refractivity contribution is 7.09. The van der Waals surface area contributed by atoms with E-state index in [-0.39, 0.29) is 11.5 Å². The Morgan fingerprint density at radius 3 is 2.58 bits per heavy atom. The first-order valence-electron chi connectivity index (χ1n) is 6.50. The quantitative estimate of drug-likeness (QED) is 0.934. The maximum atomic E-state index is 6.22. The minimum Gasteiger partial charge on any atom is -0.322 e. The van der Waals surface area contributed by atoms with Gasteiger partial charge in [-0.25, -0.2) is 4.98 Å². The van der Waals surface area contributed by atoms with E-state index in [2.05, 4.69) is 36.1 Å². The number of rotatable bonds is 3. The number of nitrogens with zero attached hydrogens (tertiary/aromatic N) is 2. The van der Waals surface area contributed by atoms with Crippen LogP contribution in [0.15, 0.2) is 23.6 Å². The van der Waals surface area contributed by atoms with E-state index < -0.39 is 0 Å². The average molecular weight is 275 g/mol. The standard InChI is InChI=1S/C15H21N3S/c1-10-6-5-7-12(17-10)11(16)8-14-18-13(9-19-14)15(2,3)4/h5-7,9,11H,8,16H2,1-4H3. The molecule has 0 radical (unpaired) electrons. The Kier molecular flexibility index (Phi) is 4.02. The van der Waals surface area contributed by atoms with Crippen LogP contribution in [0.4, 0.5) is 0 Å². The first-order chi connectivity index (χ1) is 8.86. The first kappa shape index (κ1) is 14.2. The maximum absolute atomic E-state index is 6.22. The van der Waals surface area contributed by atoms with E-state index in [1.54, 1.807) is 11.3 Å². The van der Waals surface area contributed by atoms with Crippen LogP contribution in [0.5, 0.6) is 0 Å². The smallest absolute Gasteiger partial charge is 0.0948 e. The molecule has 0 saturated carbocycles. The van der Waals surface area contributed by atoms with Gasteiger partial charge < -0.3 is 5.73 Å². The van der Waals surface area contributed by atoms with Gasteiger partial charge in [-0.3, -0.25) is 4.98 Å². The second kappa shape index (κ2) is 5.39. The maximum Gasteiger partial charge on any atom is 0.0948 e. The Morgan fingerprint density at radius 2 is 2.00 bits per heavy atom. The van der Waals surface area contributed by atoms with E-state index in [1.807, 2.05) is 25.1 Å². The van der Waals surface area contributed by atoms with Gasteiger partial charge in [0.25, 0.3) is 0 Å². The third-order valence-electron chi connectivity index (χ3n) is 3.00. The van der Waals surface area contributed by atoms with Gasteiger partial charge in [0.15, 0.2) is 0 Å². The molecule has 2 heterocycles. The SMILES string of the molecule is Cc1cccc(C(N)Cc2nc(C(C)(C)C)cs2)n1. The summed E-state index contributed by atoms with van der Waals surface area (Å²) in [6.45, 7) is 8.51. The Labute approximate surface area is 118 Å². The van der Waals surface area contributed by atoms with Crippen LogP contribution >= 0.6 is 11.3 Å². The predicted octanol–water partition coefficient (Wildman–Crippen LogP) is 3.39. The van der Waals surface area contributed by atoms with Crippen LogP contribution in [0.1, 0.15) is 48.9 Å². The lowest BCUT2D eigenvalue weighted by atomic mass is 9.93. The van der Waals surface area contributed by atoms with Gasteiger partial charge in [0, 0.05) is 22.9 Å². The highest BCUT2D eigenvalue weighted by Gasteiger charge is 2.18. The third kappa shape index (κ3) is 3.61. The highest BCUT2D eigenvalue weighted by Crippen LogP contribution is 2.25. The van der Waals surface area contributed by atoms with Crippen molar-refractivity contribution >= 4 is 11.3 Å². The lowest BCUT2D eigenvalue weighted by molar-refractivity contribution is 0.568. The Balaban J connectivity index is 2.11. The summed E-state index contributed by atoms with van der Waals surface area (Å²) in [6.07, 6.45) is 0.747. The summed E-state index contributed by atoms with van der Waals surface area (Å²) in [5.74, 6) is 0. The number of nitrogens with two attached hydrogens (primary N) is 1. The van der Waals surface area contributed by atoms with Crippen molar-refractivity contribution in [1.29, 1.82) is 0 Å². The summed E-state index contributed by atoms with van der Waals surface area (Å²) in [6, 6.07) is 5.88. The van der Waals surface area contributed by atoms with Gasteiger partial charge in [-0.05, 0) is 19.1 Å². The van der Waals surface area contributed by atoms with Crippen LogP contribution < -0.4 is 5.73 Å². The lowest BCUT2D eigenvalue weighted by Gasteiger charge is -2.14. The molecule has 0 aliphatic rings. The molecule has 0 aliphatic heterocycles. The number of aromatic nitrogens is 2. The van der Waals surface area contributed by atoms with Crippen LogP contribution in [0.3, 0.4) is 0 Å². The predicted molar refractivity (Wildman–Crippen MR) is 80.4 cm³/mol. The van der Waals surface area contributed by atoms with E-state index in [4.69, 9.17) is 5.73 Å². The molecule has 1 unspecified atom stereocenters. The normalized spacial score (nSPS) is 13.5. The van der Waals surface area contributed by atoms with Gasteiger partial charge in [0.2, 0.25) is 0 Å². The molecule has 2 aromatic heterocycles. The summed E-state index contributed by atoms with van der Waals surface area (Å²) >= 11 is 1.68. The van der Waals surface area contributed by atoms with E-state index in [1.165, 1.54) is 0 Å². The van der Waals surface area contributed by atoms with Crippen LogP contribution in [0, 0.1) is 6.92 Å². The zero-order valence-electron chi connectivity index (χ0n) is 12.0. The van der Waals surface area contributed by atoms with Gasteiger partial charge >= 0.3 is 0 Å². The molecule has 0 saturated heterocycles. The lowest BCUT2D eigenvalue weighted by Crippen LogP contribution is -2.16. The minimum absolute atomic E-state index is 0.0844. The number of hydrogen-bond donors (Lipinski definition) is 1. The Hall–Kier alpha value is -1.26. The topological polar surface area (TPSA) is 51.8 Å². The summed E-state index contributed by atoms with van der Waals surface area (Å²) in [5.41, 5.74) is 9.39. The molecule has 0 fully saturated rings. The molecule has 2 rings (SSSR count). The molecular weight excluding hydrogens is 254 g/mol. The van der Waals surface area contributed by atoms with Gasteiger partial charge in [0.1, 0.15) is 0 Å². The van der Waals surface area contributed by atoms with E-state index in [0.29, 0.717) is 0 Å². The van der Waals surface area contributed by atoms with Crippen molar-refractivity contribution in [3.8, 4) is 0 Å². The van der Waals surface area contributed by atoms with Crippen molar-refractivity contribution in [3.05, 3.63) is 45.7 Å². The zero-order chi connectivity index (χ0) is 14.0. The first-order valence-corrected chi connectivity index (χ1v) is 7.38. The van der Waals surface area contributed by atoms with Crippen molar-refractivity contribution in [1.82, 2.24) is 9.97 Å². The van der Waals surface area contributed by atoms with Crippen LogP contribution in [0.25, 0.3) is 0 Å². The highest BCUT2D eigenvalue weighted by atomic mass is 32.1. The van der Waals surface area contributed by atoms with Crippen molar-refractivity contribution in [3.63, 3.8) is 0 Å². The molecule has 0 amide bonds. The molecule has 19 heavy (non-hydrogen) atoms. The summed E-state index contributed by atoms with van der Waals surface area (Å²) in [5, 5.41) is 3.21. The number of thiazole rings is 1. The van der Waals surface area contributed by atoms with Crippen molar-refractivity contribution in [2.45, 2.75) is 45.6 Å². The largest absolute Gasteiger partial charge is 0.322 e. The second-order valence-corrected chi connectivity index (χ2v) is 6.83. The zero-order valence-corrected chi connectivity index (χ0v) is 12.8. The number of hydrogen-bond acceptors (Lipinski definition) is 4. The summed E-state index contributed by atoms with van der Waals surface area (Å²) in [4.78, 5) is 9.16. The van der Waals surface area contributed by atoms with Gasteiger partial charge in [0.05, 0.1) is 22.4 Å². The molecule has 0 aromatic carbocycles. The minimum atomic E-state index is -0.0844. The molecular formula is C15H21N3S. The number of aryl methyl sites for hydroxylation is 1. The fraction of sp³-hybridized carbons (Fsp3) is 0.467. The van der Waals surface area contributed by atoms with Gasteiger partial charge in [-0.2, -0.15) is 0 Å². The molecule has 0 aliphatic carbocycles. The van der Waals surface area contributed by atoms with Gasteiger partial charge in [-0.15, -0.1) is 11.3 Å². The number of pyridine rings is 1. The average Bonchev–Trinajstić information content (AvgIpc) is 2.77. The molecule has 4 heteroatoms. The van der Waals surface area contributed by atoms with Crippen LogP contribution in [0.2, 0.25) is 0 Å². The molecule has 2 aromatic rings. The molecule has 102 valence electrons.